The summed E-state index contributed by atoms with van der Waals surface area (Å²) in [4.78, 5) is 48.0. The average Bonchev–Trinajstić information content (AvgIpc) is 3.85. The van der Waals surface area contributed by atoms with Gasteiger partial charge in [-0.15, -0.1) is 0 Å². The summed E-state index contributed by atoms with van der Waals surface area (Å²) in [6, 6.07) is 1.50. The summed E-state index contributed by atoms with van der Waals surface area (Å²) >= 11 is 0. The van der Waals surface area contributed by atoms with E-state index in [0.717, 1.165) is 101 Å². The van der Waals surface area contributed by atoms with Gasteiger partial charge in [0.05, 0.1) is 18.1 Å². The number of rotatable bonds is 2. The lowest BCUT2D eigenvalue weighted by molar-refractivity contribution is -0.150. The van der Waals surface area contributed by atoms with Gasteiger partial charge in [-0.05, 0) is 87.7 Å². The molecule has 0 radical (unpaired) electrons. The SMILES string of the molecule is O=C1C=C2C([C@@H]3CC4=C([C@H]5CC6=CC(=O)O[C@@]67C[C@@H]5N5CCC[C@@H]57)C(=O)O[C@@]45C[C@@H]3N3CCC[C@@H]35)=C[C@@H]3C[C@@]2(O1)[C@H]1CCCN31. The quantitative estimate of drug-likeness (QED) is 0.347. The van der Waals surface area contributed by atoms with Crippen LogP contribution in [-0.4, -0.2) is 105 Å². The lowest BCUT2D eigenvalue weighted by Crippen LogP contribution is -2.46. The smallest absolute Gasteiger partial charge is 0.335 e. The van der Waals surface area contributed by atoms with Crippen LogP contribution in [0, 0.1) is 11.8 Å². The van der Waals surface area contributed by atoms with Crippen LogP contribution in [-0.2, 0) is 28.6 Å². The molecule has 12 rings (SSSR count). The summed E-state index contributed by atoms with van der Waals surface area (Å²) in [5.41, 5.74) is 4.16. The fourth-order valence-corrected chi connectivity index (χ4v) is 13.8. The predicted octanol–water partition coefficient (Wildman–Crippen LogP) is 2.71. The molecule has 9 aliphatic heterocycles. The van der Waals surface area contributed by atoms with Gasteiger partial charge in [0.2, 0.25) is 0 Å². The Morgan fingerprint density at radius 2 is 1.31 bits per heavy atom. The molecule has 0 aromatic heterocycles. The lowest BCUT2D eigenvalue weighted by Gasteiger charge is -2.42. The van der Waals surface area contributed by atoms with Crippen LogP contribution in [0.2, 0.25) is 0 Å². The van der Waals surface area contributed by atoms with Gasteiger partial charge in [-0.3, -0.25) is 14.7 Å². The molecule has 9 heterocycles. The van der Waals surface area contributed by atoms with Crippen molar-refractivity contribution in [2.75, 3.05) is 19.6 Å². The summed E-state index contributed by atoms with van der Waals surface area (Å²) in [6.07, 6.45) is 16.6. The molecule has 11 atom stereocenters. The normalized spacial score (nSPS) is 51.7. The number of hydrogen-bond donors (Lipinski definition) is 0. The molecule has 0 amide bonds. The first-order valence-corrected chi connectivity index (χ1v) is 17.8. The van der Waals surface area contributed by atoms with Crippen LogP contribution in [0.25, 0.3) is 0 Å². The van der Waals surface area contributed by atoms with Crippen LogP contribution in [0.5, 0.6) is 0 Å². The maximum Gasteiger partial charge on any atom is 0.335 e. The fourth-order valence-electron chi connectivity index (χ4n) is 13.8. The number of esters is 3. The van der Waals surface area contributed by atoms with Gasteiger partial charge in [-0.2, -0.15) is 0 Å². The zero-order chi connectivity index (χ0) is 29.6. The van der Waals surface area contributed by atoms with Crippen LogP contribution < -0.4 is 0 Å². The fraction of sp³-hybridized carbons (Fsp3) is 0.694. The summed E-state index contributed by atoms with van der Waals surface area (Å²) in [5.74, 6) is -0.300. The highest BCUT2D eigenvalue weighted by atomic mass is 16.6. The molecule has 2 saturated carbocycles. The van der Waals surface area contributed by atoms with Crippen molar-refractivity contribution in [1.29, 1.82) is 0 Å². The summed E-state index contributed by atoms with van der Waals surface area (Å²) in [5, 5.41) is 0. The zero-order valence-corrected chi connectivity index (χ0v) is 25.5. The molecule has 3 aliphatic carbocycles. The molecule has 6 bridgehead atoms. The van der Waals surface area contributed by atoms with E-state index in [9.17, 15) is 14.4 Å². The number of fused-ring (bicyclic) bond motifs is 9. The van der Waals surface area contributed by atoms with E-state index in [2.05, 4.69) is 20.8 Å². The van der Waals surface area contributed by atoms with Crippen molar-refractivity contribution < 1.29 is 28.6 Å². The first kappa shape index (κ1) is 25.4. The molecular weight excluding hydrogens is 570 g/mol. The first-order valence-electron chi connectivity index (χ1n) is 17.8. The Hall–Kier alpha value is -2.75. The Bertz CT molecular complexity index is 1680. The molecule has 8 fully saturated rings. The third-order valence-electron chi connectivity index (χ3n) is 15.0. The molecule has 234 valence electrons. The topological polar surface area (TPSA) is 88.6 Å². The Morgan fingerprint density at radius 3 is 2.11 bits per heavy atom. The zero-order valence-electron chi connectivity index (χ0n) is 25.5. The molecule has 12 aliphatic rings. The summed E-state index contributed by atoms with van der Waals surface area (Å²) in [7, 11) is 0. The molecule has 0 unspecified atom stereocenters. The number of carbonyl (C=O) groups excluding carboxylic acids is 3. The van der Waals surface area contributed by atoms with Crippen molar-refractivity contribution in [3.63, 3.8) is 0 Å². The van der Waals surface area contributed by atoms with Crippen molar-refractivity contribution in [3.05, 3.63) is 46.1 Å². The van der Waals surface area contributed by atoms with E-state index in [4.69, 9.17) is 14.2 Å². The second-order valence-corrected chi connectivity index (χ2v) is 16.3. The van der Waals surface area contributed by atoms with E-state index in [-0.39, 0.29) is 60.0 Å². The van der Waals surface area contributed by atoms with Crippen LogP contribution in [0.1, 0.15) is 70.6 Å². The number of nitrogens with zero attached hydrogens (tertiary/aromatic N) is 3. The molecule has 9 nitrogen and oxygen atoms in total. The Morgan fingerprint density at radius 1 is 0.667 bits per heavy atom. The van der Waals surface area contributed by atoms with Crippen molar-refractivity contribution in [2.45, 2.75) is 124 Å². The molecule has 0 aromatic rings. The van der Waals surface area contributed by atoms with E-state index in [0.29, 0.717) is 12.5 Å². The van der Waals surface area contributed by atoms with Crippen LogP contribution in [0.15, 0.2) is 46.1 Å². The number of carbonyl (C=O) groups is 3. The largest absolute Gasteiger partial charge is 0.450 e. The van der Waals surface area contributed by atoms with Gasteiger partial charge in [0.1, 0.15) is 0 Å². The molecule has 3 spiro atoms. The van der Waals surface area contributed by atoms with Gasteiger partial charge in [0.25, 0.3) is 0 Å². The van der Waals surface area contributed by atoms with Crippen LogP contribution in [0.3, 0.4) is 0 Å². The molecule has 45 heavy (non-hydrogen) atoms. The Labute approximate surface area is 262 Å². The third-order valence-corrected chi connectivity index (χ3v) is 15.0. The maximum atomic E-state index is 14.4. The number of ether oxygens (including phenoxy) is 3. The number of hydrogen-bond acceptors (Lipinski definition) is 9. The highest BCUT2D eigenvalue weighted by molar-refractivity contribution is 5.95. The minimum absolute atomic E-state index is 0.0143. The highest BCUT2D eigenvalue weighted by Crippen LogP contribution is 2.65. The van der Waals surface area contributed by atoms with Crippen molar-refractivity contribution in [2.24, 2.45) is 11.8 Å². The summed E-state index contributed by atoms with van der Waals surface area (Å²) in [6.45, 7) is 3.10. The Balaban J connectivity index is 1.02. The highest BCUT2D eigenvalue weighted by Gasteiger charge is 2.71. The molecular formula is C36H39N3O6. The minimum atomic E-state index is -0.541. The lowest BCUT2D eigenvalue weighted by atomic mass is 9.63. The van der Waals surface area contributed by atoms with E-state index in [1.54, 1.807) is 6.08 Å². The van der Waals surface area contributed by atoms with Crippen LogP contribution in [0.4, 0.5) is 0 Å². The van der Waals surface area contributed by atoms with Gasteiger partial charge in [-0.1, -0.05) is 6.08 Å². The Kier molecular flexibility index (Phi) is 4.42. The maximum absolute atomic E-state index is 14.4. The second kappa shape index (κ2) is 7.85. The van der Waals surface area contributed by atoms with Gasteiger partial charge in [-0.25, -0.2) is 14.4 Å². The van der Waals surface area contributed by atoms with Crippen LogP contribution >= 0.6 is 0 Å². The van der Waals surface area contributed by atoms with E-state index in [1.165, 1.54) is 11.1 Å². The van der Waals surface area contributed by atoms with E-state index >= 15 is 0 Å². The second-order valence-electron chi connectivity index (χ2n) is 16.3. The first-order chi connectivity index (χ1) is 21.9. The summed E-state index contributed by atoms with van der Waals surface area (Å²) < 4.78 is 19.2. The van der Waals surface area contributed by atoms with Gasteiger partial charge in [0, 0.05) is 72.5 Å². The van der Waals surface area contributed by atoms with Crippen molar-refractivity contribution in [3.8, 4) is 0 Å². The standard InChI is InChI=1S/C36H39N3O6/c40-30-11-18-10-22(26-16-34(18,43-30)27-4-2-9-39(26)27)32-24-13-21(25-17-36(24,45-33(32)42)29-6-3-8-38(25)29)20-12-19-15-35(23(20)14-31(41)44-35)28-5-1-7-37(19)28/h11-12,14,19,21-22,25-29H,1-10,13,15-17H2/t19-,21+,22+,25+,26+,27-,28-,29-,34+,35+,36+/m1/s1. The molecule has 9 heteroatoms. The van der Waals surface area contributed by atoms with Gasteiger partial charge in [0.15, 0.2) is 16.8 Å². The van der Waals surface area contributed by atoms with Crippen molar-refractivity contribution >= 4 is 17.9 Å². The van der Waals surface area contributed by atoms with E-state index in [1.807, 2.05) is 6.08 Å². The molecule has 0 aromatic carbocycles. The minimum Gasteiger partial charge on any atom is -0.450 e. The van der Waals surface area contributed by atoms with E-state index < -0.39 is 16.8 Å². The van der Waals surface area contributed by atoms with Crippen molar-refractivity contribution in [1.82, 2.24) is 14.7 Å². The average molecular weight is 610 g/mol. The monoisotopic (exact) mass is 609 g/mol. The predicted molar refractivity (Wildman–Crippen MR) is 158 cm³/mol. The van der Waals surface area contributed by atoms with Gasteiger partial charge >= 0.3 is 17.9 Å². The van der Waals surface area contributed by atoms with Gasteiger partial charge < -0.3 is 14.2 Å². The molecule has 0 N–H and O–H groups in total. The third kappa shape index (κ3) is 2.71. The molecule has 6 saturated heterocycles.